The standard InChI is InChI=1S/C22H24N2O3S/c25-22(20-9-4-10-21-19(20)11-17-28(21,26)27)24-15-13-23(14-16-24)12-5-8-18-6-2-1-3-7-18/h1-11,17,26-27H,12-16H2/b8-5+. The van der Waals surface area contributed by atoms with Crippen LogP contribution in [0, 0.1) is 0 Å². The Labute approximate surface area is 166 Å². The van der Waals surface area contributed by atoms with E-state index in [1.807, 2.05) is 23.1 Å². The Morgan fingerprint density at radius 3 is 2.50 bits per heavy atom. The largest absolute Gasteiger partial charge is 0.336 e. The van der Waals surface area contributed by atoms with Crippen LogP contribution in [0.15, 0.2) is 64.9 Å². The van der Waals surface area contributed by atoms with Crippen molar-refractivity contribution >= 4 is 28.6 Å². The summed E-state index contributed by atoms with van der Waals surface area (Å²) in [5, 5.41) is 1.39. The van der Waals surface area contributed by atoms with Crippen molar-refractivity contribution in [3.8, 4) is 0 Å². The summed E-state index contributed by atoms with van der Waals surface area (Å²) in [6.45, 7) is 3.85. The predicted molar refractivity (Wildman–Crippen MR) is 114 cm³/mol. The van der Waals surface area contributed by atoms with E-state index in [2.05, 4.69) is 29.2 Å². The fraction of sp³-hybridized carbons (Fsp3) is 0.227. The van der Waals surface area contributed by atoms with Crippen molar-refractivity contribution in [1.29, 1.82) is 0 Å². The highest BCUT2D eigenvalue weighted by molar-refractivity contribution is 8.27. The van der Waals surface area contributed by atoms with Gasteiger partial charge in [-0.2, -0.15) is 0 Å². The van der Waals surface area contributed by atoms with Crippen molar-refractivity contribution in [2.24, 2.45) is 0 Å². The van der Waals surface area contributed by atoms with Crippen LogP contribution in [0.5, 0.6) is 0 Å². The molecule has 6 heteroatoms. The van der Waals surface area contributed by atoms with Crippen molar-refractivity contribution in [3.63, 3.8) is 0 Å². The number of hydrogen-bond donors (Lipinski definition) is 2. The van der Waals surface area contributed by atoms with Gasteiger partial charge < -0.3 is 4.90 Å². The Balaban J connectivity index is 1.36. The summed E-state index contributed by atoms with van der Waals surface area (Å²) in [6, 6.07) is 15.4. The lowest BCUT2D eigenvalue weighted by Gasteiger charge is -2.34. The number of benzene rings is 2. The molecule has 0 atom stereocenters. The second-order valence-corrected chi connectivity index (χ2v) is 8.92. The zero-order chi connectivity index (χ0) is 19.6. The zero-order valence-corrected chi connectivity index (χ0v) is 16.4. The molecule has 4 rings (SSSR count). The van der Waals surface area contributed by atoms with Crippen molar-refractivity contribution in [3.05, 3.63) is 76.7 Å². The van der Waals surface area contributed by atoms with Crippen LogP contribution in [0.2, 0.25) is 0 Å². The summed E-state index contributed by atoms with van der Waals surface area (Å²) in [7, 11) is -2.90. The molecule has 2 aromatic carbocycles. The molecule has 146 valence electrons. The molecule has 5 nitrogen and oxygen atoms in total. The second kappa shape index (κ2) is 7.93. The quantitative estimate of drug-likeness (QED) is 0.811. The van der Waals surface area contributed by atoms with Crippen molar-refractivity contribution in [2.75, 3.05) is 32.7 Å². The van der Waals surface area contributed by atoms with Crippen LogP contribution in [0.3, 0.4) is 0 Å². The minimum absolute atomic E-state index is 0.0434. The van der Waals surface area contributed by atoms with E-state index in [-0.39, 0.29) is 5.91 Å². The van der Waals surface area contributed by atoms with Gasteiger partial charge >= 0.3 is 0 Å². The van der Waals surface area contributed by atoms with Crippen LogP contribution in [0.25, 0.3) is 12.2 Å². The summed E-state index contributed by atoms with van der Waals surface area (Å²) in [6.07, 6.45) is 5.94. The van der Waals surface area contributed by atoms with Gasteiger partial charge in [-0.15, -0.1) is 10.6 Å². The molecule has 0 aromatic heterocycles. The number of fused-ring (bicyclic) bond motifs is 1. The van der Waals surface area contributed by atoms with Gasteiger partial charge in [0.15, 0.2) is 0 Å². The summed E-state index contributed by atoms with van der Waals surface area (Å²) < 4.78 is 20.2. The van der Waals surface area contributed by atoms with Crippen LogP contribution in [0.1, 0.15) is 21.5 Å². The molecule has 2 aromatic rings. The van der Waals surface area contributed by atoms with Gasteiger partial charge in [0.05, 0.1) is 4.90 Å². The lowest BCUT2D eigenvalue weighted by Crippen LogP contribution is -2.48. The molecule has 1 saturated heterocycles. The first-order valence-corrected chi connectivity index (χ1v) is 11.0. The minimum atomic E-state index is -2.90. The maximum absolute atomic E-state index is 13.0. The van der Waals surface area contributed by atoms with E-state index in [0.29, 0.717) is 29.1 Å². The third-order valence-corrected chi connectivity index (χ3v) is 6.70. The number of piperazine rings is 1. The van der Waals surface area contributed by atoms with E-state index in [9.17, 15) is 13.9 Å². The van der Waals surface area contributed by atoms with Gasteiger partial charge in [0.25, 0.3) is 5.91 Å². The molecule has 0 saturated carbocycles. The molecular formula is C22H24N2O3S. The average Bonchev–Trinajstić information content (AvgIpc) is 3.04. The highest BCUT2D eigenvalue weighted by Gasteiger charge is 2.28. The first-order valence-electron chi connectivity index (χ1n) is 9.37. The Hall–Kier alpha value is -2.38. The molecule has 2 heterocycles. The molecule has 2 aliphatic rings. The lowest BCUT2D eigenvalue weighted by molar-refractivity contribution is 0.0650. The normalized spacial score (nSPS) is 19.7. The van der Waals surface area contributed by atoms with Crippen LogP contribution in [-0.2, 0) is 0 Å². The fourth-order valence-corrected chi connectivity index (χ4v) is 4.86. The predicted octanol–water partition coefficient (Wildman–Crippen LogP) is 4.25. The maximum atomic E-state index is 13.0. The first kappa shape index (κ1) is 19.0. The van der Waals surface area contributed by atoms with Crippen molar-refractivity contribution in [2.45, 2.75) is 4.90 Å². The molecule has 1 fully saturated rings. The maximum Gasteiger partial charge on any atom is 0.254 e. The van der Waals surface area contributed by atoms with Gasteiger partial charge in [0.2, 0.25) is 0 Å². The Morgan fingerprint density at radius 1 is 1.00 bits per heavy atom. The number of carbonyl (C=O) groups is 1. The Morgan fingerprint density at radius 2 is 1.75 bits per heavy atom. The minimum Gasteiger partial charge on any atom is -0.336 e. The van der Waals surface area contributed by atoms with Gasteiger partial charge in [0, 0.05) is 49.3 Å². The molecule has 2 N–H and O–H groups in total. The molecule has 0 unspecified atom stereocenters. The van der Waals surface area contributed by atoms with E-state index < -0.39 is 10.6 Å². The molecule has 2 aliphatic heterocycles. The molecule has 1 amide bonds. The summed E-state index contributed by atoms with van der Waals surface area (Å²) in [5.41, 5.74) is 2.37. The molecule has 0 radical (unpaired) electrons. The monoisotopic (exact) mass is 396 g/mol. The van der Waals surface area contributed by atoms with Gasteiger partial charge in [-0.25, -0.2) is 0 Å². The highest BCUT2D eigenvalue weighted by Crippen LogP contribution is 2.56. The number of carbonyl (C=O) groups excluding carboxylic acids is 1. The van der Waals surface area contributed by atoms with E-state index in [1.165, 1.54) is 11.0 Å². The van der Waals surface area contributed by atoms with Gasteiger partial charge in [-0.05, 0) is 23.8 Å². The number of hydrogen-bond acceptors (Lipinski definition) is 4. The van der Waals surface area contributed by atoms with Crippen molar-refractivity contribution < 1.29 is 13.9 Å². The molecule has 0 bridgehead atoms. The average molecular weight is 397 g/mol. The number of amides is 1. The third kappa shape index (κ3) is 3.91. The number of rotatable bonds is 4. The first-order chi connectivity index (χ1) is 13.5. The highest BCUT2D eigenvalue weighted by atomic mass is 32.3. The van der Waals surface area contributed by atoms with Crippen molar-refractivity contribution in [1.82, 2.24) is 9.80 Å². The lowest BCUT2D eigenvalue weighted by atomic mass is 10.1. The van der Waals surface area contributed by atoms with Gasteiger partial charge in [-0.1, -0.05) is 48.6 Å². The van der Waals surface area contributed by atoms with Gasteiger partial charge in [0.1, 0.15) is 0 Å². The summed E-state index contributed by atoms with van der Waals surface area (Å²) in [4.78, 5) is 17.6. The number of nitrogens with zero attached hydrogens (tertiary/aromatic N) is 2. The third-order valence-electron chi connectivity index (χ3n) is 5.18. The molecular weight excluding hydrogens is 372 g/mol. The molecule has 0 aliphatic carbocycles. The zero-order valence-electron chi connectivity index (χ0n) is 15.6. The van der Waals surface area contributed by atoms with Crippen LogP contribution in [-0.4, -0.2) is 57.5 Å². The Bertz CT molecular complexity index is 917. The smallest absolute Gasteiger partial charge is 0.254 e. The topological polar surface area (TPSA) is 64.0 Å². The van der Waals surface area contributed by atoms with E-state index >= 15 is 0 Å². The molecule has 28 heavy (non-hydrogen) atoms. The van der Waals surface area contributed by atoms with Crippen LogP contribution < -0.4 is 0 Å². The van der Waals surface area contributed by atoms with E-state index in [4.69, 9.17) is 0 Å². The van der Waals surface area contributed by atoms with Crippen LogP contribution >= 0.6 is 10.6 Å². The van der Waals surface area contributed by atoms with Gasteiger partial charge in [-0.3, -0.25) is 18.8 Å². The summed E-state index contributed by atoms with van der Waals surface area (Å²) >= 11 is 0. The SMILES string of the molecule is O=C(c1cccc2c1C=CS2(O)O)N1CCN(C/C=C/c2ccccc2)CC1. The fourth-order valence-electron chi connectivity index (χ4n) is 3.61. The van der Waals surface area contributed by atoms with Crippen LogP contribution in [0.4, 0.5) is 0 Å². The Kier molecular flexibility index (Phi) is 5.37. The van der Waals surface area contributed by atoms with E-state index in [0.717, 1.165) is 19.6 Å². The second-order valence-electron chi connectivity index (χ2n) is 7.02. The summed E-state index contributed by atoms with van der Waals surface area (Å²) in [5.74, 6) is -0.0434. The van der Waals surface area contributed by atoms with E-state index in [1.54, 1.807) is 24.3 Å². The molecule has 0 spiro atoms.